The van der Waals surface area contributed by atoms with E-state index in [-0.39, 0.29) is 17.9 Å². The monoisotopic (exact) mass is 408 g/mol. The van der Waals surface area contributed by atoms with Crippen LogP contribution in [0.5, 0.6) is 0 Å². The standard InChI is InChI=1S/C23H28N4O3/c1-16-6-3-4-8-21(16)26-23(25-15-20-7-5-13-30-20)27-22(29)19-11-9-18(10-12-19)14-24-17(2)28/h3-4,6,8-12,20H,5,7,13-15H2,1-2H3,(H,24,28)(H2,25,26,27,29). The molecule has 2 amide bonds. The molecule has 3 rings (SSSR count). The molecule has 1 atom stereocenters. The first-order valence-corrected chi connectivity index (χ1v) is 10.1. The predicted octanol–water partition coefficient (Wildman–Crippen LogP) is 3.01. The maximum Gasteiger partial charge on any atom is 0.257 e. The van der Waals surface area contributed by atoms with Gasteiger partial charge in [0.2, 0.25) is 11.9 Å². The topological polar surface area (TPSA) is 91.8 Å². The molecule has 0 radical (unpaired) electrons. The average Bonchev–Trinajstić information content (AvgIpc) is 3.26. The Bertz CT molecular complexity index is 903. The van der Waals surface area contributed by atoms with Crippen molar-refractivity contribution in [3.63, 3.8) is 0 Å². The molecule has 2 aromatic carbocycles. The fraction of sp³-hybridized carbons (Fsp3) is 0.348. The molecule has 30 heavy (non-hydrogen) atoms. The number of anilines is 1. The van der Waals surface area contributed by atoms with Gasteiger partial charge in [-0.15, -0.1) is 0 Å². The van der Waals surface area contributed by atoms with Gasteiger partial charge in [-0.05, 0) is 49.1 Å². The fourth-order valence-electron chi connectivity index (χ4n) is 3.11. The van der Waals surface area contributed by atoms with Gasteiger partial charge in [0, 0.05) is 31.3 Å². The second kappa shape index (κ2) is 10.5. The first kappa shape index (κ1) is 21.5. The van der Waals surface area contributed by atoms with Gasteiger partial charge in [0.25, 0.3) is 5.91 Å². The number of rotatable bonds is 6. The number of carbonyl (C=O) groups is 2. The Kier molecular flexibility index (Phi) is 7.57. The van der Waals surface area contributed by atoms with Gasteiger partial charge in [0.15, 0.2) is 0 Å². The lowest BCUT2D eigenvalue weighted by molar-refractivity contribution is -0.119. The molecule has 158 valence electrons. The van der Waals surface area contributed by atoms with E-state index >= 15 is 0 Å². The summed E-state index contributed by atoms with van der Waals surface area (Å²) < 4.78 is 5.64. The predicted molar refractivity (Wildman–Crippen MR) is 118 cm³/mol. The summed E-state index contributed by atoms with van der Waals surface area (Å²) in [6.45, 7) is 5.15. The maximum absolute atomic E-state index is 12.8. The van der Waals surface area contributed by atoms with E-state index < -0.39 is 0 Å². The molecule has 1 aliphatic heterocycles. The number of aryl methyl sites for hydroxylation is 1. The van der Waals surface area contributed by atoms with Gasteiger partial charge < -0.3 is 15.4 Å². The van der Waals surface area contributed by atoms with Crippen molar-refractivity contribution in [3.05, 3.63) is 65.2 Å². The Labute approximate surface area is 176 Å². The molecule has 0 saturated carbocycles. The number of nitrogens with one attached hydrogen (secondary N) is 3. The molecule has 7 heteroatoms. The van der Waals surface area contributed by atoms with Crippen molar-refractivity contribution in [2.75, 3.05) is 18.5 Å². The van der Waals surface area contributed by atoms with Gasteiger partial charge in [0.1, 0.15) is 0 Å². The second-order valence-electron chi connectivity index (χ2n) is 7.33. The van der Waals surface area contributed by atoms with Crippen molar-refractivity contribution in [1.82, 2.24) is 10.6 Å². The summed E-state index contributed by atoms with van der Waals surface area (Å²) >= 11 is 0. The van der Waals surface area contributed by atoms with Crippen LogP contribution in [-0.2, 0) is 16.1 Å². The lowest BCUT2D eigenvalue weighted by Crippen LogP contribution is -2.37. The van der Waals surface area contributed by atoms with Crippen molar-refractivity contribution in [2.24, 2.45) is 4.99 Å². The fourth-order valence-corrected chi connectivity index (χ4v) is 3.11. The van der Waals surface area contributed by atoms with E-state index in [1.165, 1.54) is 6.92 Å². The van der Waals surface area contributed by atoms with Crippen LogP contribution in [-0.4, -0.2) is 37.0 Å². The number of amides is 2. The number of para-hydroxylation sites is 1. The number of guanidine groups is 1. The van der Waals surface area contributed by atoms with E-state index in [1.807, 2.05) is 43.3 Å². The first-order chi connectivity index (χ1) is 14.5. The van der Waals surface area contributed by atoms with Crippen molar-refractivity contribution >= 4 is 23.5 Å². The summed E-state index contributed by atoms with van der Waals surface area (Å²) in [5, 5.41) is 8.85. The minimum atomic E-state index is -0.256. The van der Waals surface area contributed by atoms with E-state index in [0.717, 1.165) is 36.3 Å². The second-order valence-corrected chi connectivity index (χ2v) is 7.33. The zero-order chi connectivity index (χ0) is 21.3. The van der Waals surface area contributed by atoms with Gasteiger partial charge in [-0.2, -0.15) is 0 Å². The highest BCUT2D eigenvalue weighted by atomic mass is 16.5. The van der Waals surface area contributed by atoms with Crippen molar-refractivity contribution in [1.29, 1.82) is 0 Å². The van der Waals surface area contributed by atoms with E-state index in [2.05, 4.69) is 20.9 Å². The Morgan fingerprint density at radius 3 is 2.57 bits per heavy atom. The van der Waals surface area contributed by atoms with Gasteiger partial charge in [-0.25, -0.2) is 4.99 Å². The highest BCUT2D eigenvalue weighted by Crippen LogP contribution is 2.15. The quantitative estimate of drug-likeness (QED) is 0.506. The molecule has 0 aromatic heterocycles. The smallest absolute Gasteiger partial charge is 0.257 e. The van der Waals surface area contributed by atoms with Crippen molar-refractivity contribution < 1.29 is 14.3 Å². The van der Waals surface area contributed by atoms with Crippen LogP contribution < -0.4 is 16.0 Å². The summed E-state index contributed by atoms with van der Waals surface area (Å²) in [6, 6.07) is 14.9. The summed E-state index contributed by atoms with van der Waals surface area (Å²) in [4.78, 5) is 28.4. The van der Waals surface area contributed by atoms with Gasteiger partial charge in [-0.3, -0.25) is 14.9 Å². The first-order valence-electron chi connectivity index (χ1n) is 10.1. The van der Waals surface area contributed by atoms with Crippen LogP contribution in [0.25, 0.3) is 0 Å². The van der Waals surface area contributed by atoms with E-state index in [4.69, 9.17) is 4.74 Å². The SMILES string of the molecule is CC(=O)NCc1ccc(C(=O)NC(=NCC2CCCO2)Nc2ccccc2C)cc1. The van der Waals surface area contributed by atoms with E-state index in [1.54, 1.807) is 12.1 Å². The number of nitrogens with zero attached hydrogens (tertiary/aromatic N) is 1. The van der Waals surface area contributed by atoms with E-state index in [9.17, 15) is 9.59 Å². The van der Waals surface area contributed by atoms with Crippen LogP contribution in [0.3, 0.4) is 0 Å². The molecule has 1 saturated heterocycles. The molecule has 1 fully saturated rings. The Balaban J connectivity index is 1.69. The van der Waals surface area contributed by atoms with Crippen LogP contribution in [0.15, 0.2) is 53.5 Å². The number of benzene rings is 2. The molecule has 3 N–H and O–H groups in total. The zero-order valence-corrected chi connectivity index (χ0v) is 17.4. The zero-order valence-electron chi connectivity index (χ0n) is 17.4. The van der Waals surface area contributed by atoms with Crippen molar-refractivity contribution in [3.8, 4) is 0 Å². The Hall–Kier alpha value is -3.19. The lowest BCUT2D eigenvalue weighted by atomic mass is 10.1. The Morgan fingerprint density at radius 1 is 1.13 bits per heavy atom. The average molecular weight is 409 g/mol. The summed E-state index contributed by atoms with van der Waals surface area (Å²) in [5.74, 6) is 0.0477. The third-order valence-electron chi connectivity index (χ3n) is 4.86. The maximum atomic E-state index is 12.8. The molecule has 1 aliphatic rings. The summed E-state index contributed by atoms with van der Waals surface area (Å²) in [7, 11) is 0. The Morgan fingerprint density at radius 2 is 1.90 bits per heavy atom. The molecular formula is C23H28N4O3. The van der Waals surface area contributed by atoms with Gasteiger partial charge >= 0.3 is 0 Å². The molecule has 1 unspecified atom stereocenters. The minimum Gasteiger partial charge on any atom is -0.376 e. The summed E-state index contributed by atoms with van der Waals surface area (Å²) in [6.07, 6.45) is 2.10. The number of carbonyl (C=O) groups excluding carboxylic acids is 2. The molecule has 0 spiro atoms. The third-order valence-corrected chi connectivity index (χ3v) is 4.86. The van der Waals surface area contributed by atoms with Crippen LogP contribution in [0.2, 0.25) is 0 Å². The number of hydrogen-bond donors (Lipinski definition) is 3. The van der Waals surface area contributed by atoms with Crippen LogP contribution in [0.4, 0.5) is 5.69 Å². The van der Waals surface area contributed by atoms with Crippen LogP contribution in [0.1, 0.15) is 41.3 Å². The molecule has 1 heterocycles. The highest BCUT2D eigenvalue weighted by Gasteiger charge is 2.16. The normalized spacial score (nSPS) is 16.2. The van der Waals surface area contributed by atoms with Gasteiger partial charge in [-0.1, -0.05) is 30.3 Å². The number of aliphatic imine (C=N–C) groups is 1. The van der Waals surface area contributed by atoms with E-state index in [0.29, 0.717) is 24.6 Å². The van der Waals surface area contributed by atoms with Crippen LogP contribution in [0, 0.1) is 6.92 Å². The van der Waals surface area contributed by atoms with Crippen molar-refractivity contribution in [2.45, 2.75) is 39.3 Å². The largest absolute Gasteiger partial charge is 0.376 e. The third kappa shape index (κ3) is 6.42. The van der Waals surface area contributed by atoms with Crippen LogP contribution >= 0.6 is 0 Å². The lowest BCUT2D eigenvalue weighted by Gasteiger charge is -2.15. The minimum absolute atomic E-state index is 0.0867. The molecule has 2 aromatic rings. The molecule has 0 bridgehead atoms. The highest BCUT2D eigenvalue weighted by molar-refractivity contribution is 6.10. The molecular weight excluding hydrogens is 380 g/mol. The molecule has 7 nitrogen and oxygen atoms in total. The van der Waals surface area contributed by atoms with Gasteiger partial charge in [0.05, 0.1) is 12.6 Å². The number of ether oxygens (including phenoxy) is 1. The number of hydrogen-bond acceptors (Lipinski definition) is 4. The molecule has 0 aliphatic carbocycles. The summed E-state index contributed by atoms with van der Waals surface area (Å²) in [5.41, 5.74) is 3.37.